The Morgan fingerprint density at radius 2 is 0.905 bits per heavy atom. The standard InChI is InChI=1S/C47H33N3.C7H8.C4H8.C2H6/c1-3-13-32(14-4-1)42-21-12-22-43(48-42)35-15-11-18-37(29-35)50-45-24-10-8-20-39(45)41-31-34(26-28-47(41)50)33-25-27-46-40(30-33)38-19-7-9-23-44(38)49(46)36-16-5-2-6-17-36;1-7-5-3-2-4-6-7;1-3-4-2;1-2/h1-31,42,48H;2-6H,1H3;3-4H,1-2H3;1-2H3/b;;4-3-;. The van der Waals surface area contributed by atoms with E-state index < -0.39 is 0 Å². The minimum absolute atomic E-state index is 0.139. The summed E-state index contributed by atoms with van der Waals surface area (Å²) in [6, 6.07) is 71.9. The lowest BCUT2D eigenvalue weighted by Crippen LogP contribution is -2.20. The van der Waals surface area contributed by atoms with Crippen molar-refractivity contribution in [2.24, 2.45) is 0 Å². The second-order valence-electron chi connectivity index (χ2n) is 15.4. The highest BCUT2D eigenvalue weighted by molar-refractivity contribution is 6.12. The Balaban J connectivity index is 0.000000368. The summed E-state index contributed by atoms with van der Waals surface area (Å²) < 4.78 is 4.78. The summed E-state index contributed by atoms with van der Waals surface area (Å²) in [6.45, 7) is 10.1. The van der Waals surface area contributed by atoms with Crippen molar-refractivity contribution in [2.75, 3.05) is 0 Å². The smallest absolute Gasteiger partial charge is 0.0701 e. The molecule has 3 heterocycles. The van der Waals surface area contributed by atoms with Gasteiger partial charge in [-0.3, -0.25) is 0 Å². The van der Waals surface area contributed by atoms with Crippen LogP contribution in [0.1, 0.15) is 50.4 Å². The largest absolute Gasteiger partial charge is 0.374 e. The summed E-state index contributed by atoms with van der Waals surface area (Å²) in [7, 11) is 0. The summed E-state index contributed by atoms with van der Waals surface area (Å²) in [5.41, 5.74) is 14.4. The number of hydrogen-bond acceptors (Lipinski definition) is 1. The lowest BCUT2D eigenvalue weighted by atomic mass is 10.0. The van der Waals surface area contributed by atoms with Gasteiger partial charge in [0.1, 0.15) is 0 Å². The Morgan fingerprint density at radius 3 is 1.44 bits per heavy atom. The fourth-order valence-corrected chi connectivity index (χ4v) is 8.35. The molecule has 8 aromatic carbocycles. The minimum atomic E-state index is 0.139. The van der Waals surface area contributed by atoms with E-state index in [9.17, 15) is 0 Å². The van der Waals surface area contributed by atoms with Crippen LogP contribution in [0.15, 0.2) is 231 Å². The molecule has 2 aromatic heterocycles. The lowest BCUT2D eigenvalue weighted by molar-refractivity contribution is 0.764. The molecular formula is C60H55N3. The van der Waals surface area contributed by atoms with Crippen molar-refractivity contribution in [2.45, 2.75) is 40.7 Å². The van der Waals surface area contributed by atoms with Crippen molar-refractivity contribution in [3.63, 3.8) is 0 Å². The highest BCUT2D eigenvalue weighted by Crippen LogP contribution is 2.38. The molecule has 0 aliphatic carbocycles. The topological polar surface area (TPSA) is 21.9 Å². The quantitative estimate of drug-likeness (QED) is 0.172. The first-order valence-electron chi connectivity index (χ1n) is 22.1. The number of nitrogens with one attached hydrogen (secondary N) is 1. The molecule has 3 nitrogen and oxygen atoms in total. The van der Waals surface area contributed by atoms with Crippen molar-refractivity contribution in [3.05, 3.63) is 247 Å². The molecule has 0 spiro atoms. The number of aryl methyl sites for hydroxylation is 1. The molecule has 0 amide bonds. The van der Waals surface area contributed by atoms with Gasteiger partial charge in [0, 0.05) is 38.6 Å². The summed E-state index contributed by atoms with van der Waals surface area (Å²) in [6.07, 6.45) is 10.5. The van der Waals surface area contributed by atoms with Crippen LogP contribution in [0.2, 0.25) is 0 Å². The van der Waals surface area contributed by atoms with E-state index in [0.29, 0.717) is 0 Å². The normalized spacial score (nSPS) is 13.1. The average molecular weight is 818 g/mol. The van der Waals surface area contributed by atoms with Gasteiger partial charge >= 0.3 is 0 Å². The summed E-state index contributed by atoms with van der Waals surface area (Å²) in [5.74, 6) is 0. The van der Waals surface area contributed by atoms with E-state index in [1.807, 2.05) is 58.0 Å². The van der Waals surface area contributed by atoms with Gasteiger partial charge in [0.05, 0.1) is 28.1 Å². The first-order valence-corrected chi connectivity index (χ1v) is 22.1. The Morgan fingerprint density at radius 1 is 0.429 bits per heavy atom. The van der Waals surface area contributed by atoms with Crippen LogP contribution in [0.25, 0.3) is 71.8 Å². The zero-order valence-corrected chi connectivity index (χ0v) is 36.9. The van der Waals surface area contributed by atoms with E-state index in [1.54, 1.807) is 0 Å². The van der Waals surface area contributed by atoms with Gasteiger partial charge in [0.25, 0.3) is 0 Å². The van der Waals surface area contributed by atoms with Crippen molar-refractivity contribution in [1.29, 1.82) is 0 Å². The molecule has 1 unspecified atom stereocenters. The number of para-hydroxylation sites is 3. The molecule has 0 bridgehead atoms. The predicted octanol–water partition coefficient (Wildman–Crippen LogP) is 16.4. The molecule has 0 saturated carbocycles. The van der Waals surface area contributed by atoms with Crippen LogP contribution in [0.5, 0.6) is 0 Å². The highest BCUT2D eigenvalue weighted by Gasteiger charge is 2.18. The van der Waals surface area contributed by atoms with Crippen LogP contribution in [-0.2, 0) is 0 Å². The van der Waals surface area contributed by atoms with Gasteiger partial charge in [-0.15, -0.1) is 0 Å². The molecular weight excluding hydrogens is 763 g/mol. The van der Waals surface area contributed by atoms with E-state index in [4.69, 9.17) is 0 Å². The molecule has 0 saturated heterocycles. The van der Waals surface area contributed by atoms with Crippen molar-refractivity contribution in [1.82, 2.24) is 14.5 Å². The van der Waals surface area contributed by atoms with Crippen LogP contribution in [-0.4, -0.2) is 9.13 Å². The minimum Gasteiger partial charge on any atom is -0.374 e. The number of nitrogens with zero attached hydrogens (tertiary/aromatic N) is 2. The number of rotatable bonds is 5. The second-order valence-corrected chi connectivity index (χ2v) is 15.4. The molecule has 3 heteroatoms. The van der Waals surface area contributed by atoms with Crippen LogP contribution in [0.3, 0.4) is 0 Å². The van der Waals surface area contributed by atoms with Crippen LogP contribution < -0.4 is 5.32 Å². The maximum absolute atomic E-state index is 3.76. The Labute approximate surface area is 372 Å². The monoisotopic (exact) mass is 817 g/mol. The van der Waals surface area contributed by atoms with Crippen LogP contribution >= 0.6 is 0 Å². The maximum atomic E-state index is 3.76. The summed E-state index contributed by atoms with van der Waals surface area (Å²) in [5, 5.41) is 8.78. The van der Waals surface area contributed by atoms with Gasteiger partial charge in [0.15, 0.2) is 0 Å². The molecule has 0 fully saturated rings. The van der Waals surface area contributed by atoms with E-state index in [1.165, 1.54) is 77.1 Å². The fourth-order valence-electron chi connectivity index (χ4n) is 8.35. The average Bonchev–Trinajstić information content (AvgIpc) is 3.88. The maximum Gasteiger partial charge on any atom is 0.0701 e. The number of aromatic nitrogens is 2. The second kappa shape index (κ2) is 19.8. The third kappa shape index (κ3) is 8.91. The number of hydrogen-bond donors (Lipinski definition) is 1. The molecule has 1 atom stereocenters. The fraction of sp³-hybridized carbons (Fsp3) is 0.100. The van der Waals surface area contributed by atoms with Crippen LogP contribution in [0, 0.1) is 6.92 Å². The SMILES string of the molecule is C/C=C\C.C1=CC(c2ccccc2)NC(c2cccc(-n3c4ccccc4c4cc(-c5ccc6c(c5)c5ccccc5n6-c5ccccc5)ccc43)c2)=C1.CC.Cc1ccccc1. The number of allylic oxidation sites excluding steroid dienone is 4. The van der Waals surface area contributed by atoms with Gasteiger partial charge in [-0.2, -0.15) is 0 Å². The van der Waals surface area contributed by atoms with E-state index in [2.05, 4.69) is 222 Å². The zero-order chi connectivity index (χ0) is 43.5. The molecule has 10 aromatic rings. The van der Waals surface area contributed by atoms with Gasteiger partial charge in [-0.05, 0) is 110 Å². The number of fused-ring (bicyclic) bond motifs is 6. The van der Waals surface area contributed by atoms with Gasteiger partial charge in [-0.1, -0.05) is 183 Å². The lowest BCUT2D eigenvalue weighted by Gasteiger charge is -2.23. The number of dihydropyridines is 1. The van der Waals surface area contributed by atoms with E-state index in [-0.39, 0.29) is 6.04 Å². The Bertz CT molecular complexity index is 3180. The first-order chi connectivity index (χ1) is 31.1. The van der Waals surface area contributed by atoms with Crippen molar-refractivity contribution >= 4 is 49.3 Å². The van der Waals surface area contributed by atoms with E-state index in [0.717, 1.165) is 11.4 Å². The molecule has 63 heavy (non-hydrogen) atoms. The van der Waals surface area contributed by atoms with Crippen molar-refractivity contribution in [3.8, 4) is 22.5 Å². The van der Waals surface area contributed by atoms with Crippen molar-refractivity contribution < 1.29 is 0 Å². The first kappa shape index (κ1) is 42.1. The number of benzene rings is 8. The molecule has 0 radical (unpaired) electrons. The third-order valence-electron chi connectivity index (χ3n) is 11.4. The molecule has 1 aliphatic heterocycles. The molecule has 310 valence electrons. The van der Waals surface area contributed by atoms with Crippen LogP contribution in [0.4, 0.5) is 0 Å². The summed E-state index contributed by atoms with van der Waals surface area (Å²) in [4.78, 5) is 0. The summed E-state index contributed by atoms with van der Waals surface area (Å²) >= 11 is 0. The molecule has 11 rings (SSSR count). The Hall–Kier alpha value is -7.62. The molecule has 1 aliphatic rings. The van der Waals surface area contributed by atoms with E-state index >= 15 is 0 Å². The predicted molar refractivity (Wildman–Crippen MR) is 273 cm³/mol. The van der Waals surface area contributed by atoms with Gasteiger partial charge < -0.3 is 14.5 Å². The highest BCUT2D eigenvalue weighted by atomic mass is 15.0. The third-order valence-corrected chi connectivity index (χ3v) is 11.4. The van der Waals surface area contributed by atoms with Gasteiger partial charge in [0.2, 0.25) is 0 Å². The zero-order valence-electron chi connectivity index (χ0n) is 36.9. The van der Waals surface area contributed by atoms with Gasteiger partial charge in [-0.25, -0.2) is 0 Å². The Kier molecular flexibility index (Phi) is 13.3. The molecule has 1 N–H and O–H groups in total.